The minimum atomic E-state index is -0.209. The monoisotopic (exact) mass is 444 g/mol. The van der Waals surface area contributed by atoms with E-state index in [2.05, 4.69) is 5.32 Å². The number of nitrogens with zero attached hydrogens (tertiary/aromatic N) is 1. The zero-order chi connectivity index (χ0) is 22.3. The quantitative estimate of drug-likeness (QED) is 0.488. The van der Waals surface area contributed by atoms with Gasteiger partial charge in [-0.15, -0.1) is 11.8 Å². The standard InChI is InChI=1S/C26H24N2O3S/c1-2-31-23-14-7-6-13-22(23)28-25(30)18-32-26(28)20-11-8-12-21(17-20)27-24(29)16-15-19-9-4-3-5-10-19/h3-17,26H,2,18H2,1H3,(H,27,29)/b16-15+. The highest BCUT2D eigenvalue weighted by Gasteiger charge is 2.35. The van der Waals surface area contributed by atoms with Crippen molar-refractivity contribution < 1.29 is 14.3 Å². The number of benzene rings is 3. The molecule has 0 aliphatic carbocycles. The van der Waals surface area contributed by atoms with E-state index < -0.39 is 0 Å². The van der Waals surface area contributed by atoms with Gasteiger partial charge in [-0.3, -0.25) is 14.5 Å². The molecular formula is C26H24N2O3S. The Hall–Kier alpha value is -3.51. The van der Waals surface area contributed by atoms with Crippen LogP contribution in [-0.4, -0.2) is 24.2 Å². The molecule has 1 atom stereocenters. The molecule has 1 aliphatic rings. The van der Waals surface area contributed by atoms with Crippen LogP contribution in [0, 0.1) is 0 Å². The summed E-state index contributed by atoms with van der Waals surface area (Å²) < 4.78 is 5.75. The van der Waals surface area contributed by atoms with E-state index in [1.54, 1.807) is 22.7 Å². The molecule has 0 spiro atoms. The second-order valence-corrected chi connectivity index (χ2v) is 8.26. The lowest BCUT2D eigenvalue weighted by molar-refractivity contribution is -0.116. The Morgan fingerprint density at radius 3 is 2.69 bits per heavy atom. The van der Waals surface area contributed by atoms with Crippen molar-refractivity contribution in [3.05, 3.63) is 96.1 Å². The number of hydrogen-bond donors (Lipinski definition) is 1. The Kier molecular flexibility index (Phi) is 6.92. The molecule has 162 valence electrons. The van der Waals surface area contributed by atoms with Crippen LogP contribution < -0.4 is 15.0 Å². The predicted molar refractivity (Wildman–Crippen MR) is 131 cm³/mol. The van der Waals surface area contributed by atoms with E-state index in [1.807, 2.05) is 85.8 Å². The van der Waals surface area contributed by atoms with Crippen LogP contribution in [0.2, 0.25) is 0 Å². The number of amides is 2. The normalized spacial score (nSPS) is 15.8. The van der Waals surface area contributed by atoms with E-state index in [1.165, 1.54) is 6.08 Å². The lowest BCUT2D eigenvalue weighted by atomic mass is 10.1. The van der Waals surface area contributed by atoms with Gasteiger partial charge in [0.15, 0.2) is 0 Å². The SMILES string of the molecule is CCOc1ccccc1N1C(=O)CSC1c1cccc(NC(=O)/C=C/c2ccccc2)c1. The van der Waals surface area contributed by atoms with Crippen molar-refractivity contribution in [1.29, 1.82) is 0 Å². The first-order chi connectivity index (χ1) is 15.7. The molecular weight excluding hydrogens is 420 g/mol. The van der Waals surface area contributed by atoms with Gasteiger partial charge in [-0.05, 0) is 48.4 Å². The van der Waals surface area contributed by atoms with Crippen molar-refractivity contribution in [3.8, 4) is 5.75 Å². The Labute approximate surface area is 192 Å². The van der Waals surface area contributed by atoms with Gasteiger partial charge >= 0.3 is 0 Å². The summed E-state index contributed by atoms with van der Waals surface area (Å²) >= 11 is 1.56. The van der Waals surface area contributed by atoms with Crippen molar-refractivity contribution in [3.63, 3.8) is 0 Å². The molecule has 0 saturated carbocycles. The molecule has 5 nitrogen and oxygen atoms in total. The van der Waals surface area contributed by atoms with Crippen molar-refractivity contribution in [2.24, 2.45) is 0 Å². The van der Waals surface area contributed by atoms with E-state index in [-0.39, 0.29) is 17.2 Å². The molecule has 1 saturated heterocycles. The molecule has 32 heavy (non-hydrogen) atoms. The summed E-state index contributed by atoms with van der Waals surface area (Å²) in [5.41, 5.74) is 3.34. The largest absolute Gasteiger partial charge is 0.492 e. The number of carbonyl (C=O) groups is 2. The molecule has 0 bridgehead atoms. The Balaban J connectivity index is 1.54. The van der Waals surface area contributed by atoms with Crippen molar-refractivity contribution in [2.45, 2.75) is 12.3 Å². The number of thioether (sulfide) groups is 1. The highest BCUT2D eigenvalue weighted by Crippen LogP contribution is 2.45. The van der Waals surface area contributed by atoms with Crippen molar-refractivity contribution in [1.82, 2.24) is 0 Å². The third-order valence-electron chi connectivity index (χ3n) is 4.96. The second kappa shape index (κ2) is 10.2. The molecule has 0 radical (unpaired) electrons. The van der Waals surface area contributed by atoms with Gasteiger partial charge in [-0.2, -0.15) is 0 Å². The van der Waals surface area contributed by atoms with Crippen LogP contribution >= 0.6 is 11.8 Å². The maximum atomic E-state index is 12.8. The van der Waals surface area contributed by atoms with Gasteiger partial charge in [-0.25, -0.2) is 0 Å². The summed E-state index contributed by atoms with van der Waals surface area (Å²) in [6.07, 6.45) is 3.29. The number of anilines is 2. The summed E-state index contributed by atoms with van der Waals surface area (Å²) in [4.78, 5) is 26.9. The topological polar surface area (TPSA) is 58.6 Å². The number of hydrogen-bond acceptors (Lipinski definition) is 4. The highest BCUT2D eigenvalue weighted by atomic mass is 32.2. The molecule has 4 rings (SSSR count). The highest BCUT2D eigenvalue weighted by molar-refractivity contribution is 8.00. The van der Waals surface area contributed by atoms with Gasteiger partial charge in [0, 0.05) is 11.8 Å². The van der Waals surface area contributed by atoms with Gasteiger partial charge in [0.05, 0.1) is 18.0 Å². The number of rotatable bonds is 7. The summed E-state index contributed by atoms with van der Waals surface area (Å²) in [6.45, 7) is 2.45. The number of nitrogens with one attached hydrogen (secondary N) is 1. The van der Waals surface area contributed by atoms with Gasteiger partial charge in [0.1, 0.15) is 11.1 Å². The van der Waals surface area contributed by atoms with Crippen LogP contribution in [0.5, 0.6) is 5.75 Å². The maximum absolute atomic E-state index is 12.8. The smallest absolute Gasteiger partial charge is 0.248 e. The van der Waals surface area contributed by atoms with Crippen LogP contribution in [0.3, 0.4) is 0 Å². The molecule has 3 aromatic carbocycles. The predicted octanol–water partition coefficient (Wildman–Crippen LogP) is 5.52. The average Bonchev–Trinajstić information content (AvgIpc) is 3.20. The molecule has 0 aromatic heterocycles. The van der Waals surface area contributed by atoms with Crippen molar-refractivity contribution in [2.75, 3.05) is 22.6 Å². The van der Waals surface area contributed by atoms with Gasteiger partial charge in [0.2, 0.25) is 11.8 Å². The van der Waals surface area contributed by atoms with Crippen LogP contribution in [0.25, 0.3) is 6.08 Å². The molecule has 1 fully saturated rings. The third-order valence-corrected chi connectivity index (χ3v) is 6.17. The van der Waals surface area contributed by atoms with E-state index >= 15 is 0 Å². The van der Waals surface area contributed by atoms with E-state index in [4.69, 9.17) is 4.74 Å². The summed E-state index contributed by atoms with van der Waals surface area (Å²) in [5.74, 6) is 0.903. The minimum Gasteiger partial charge on any atom is -0.492 e. The first kappa shape index (κ1) is 21.7. The third kappa shape index (κ3) is 5.03. The van der Waals surface area contributed by atoms with Gasteiger partial charge in [-0.1, -0.05) is 54.6 Å². The maximum Gasteiger partial charge on any atom is 0.248 e. The molecule has 1 aliphatic heterocycles. The molecule has 1 heterocycles. The first-order valence-electron chi connectivity index (χ1n) is 10.5. The van der Waals surface area contributed by atoms with Crippen molar-refractivity contribution >= 4 is 41.0 Å². The zero-order valence-electron chi connectivity index (χ0n) is 17.7. The van der Waals surface area contributed by atoms with Crippen LogP contribution in [0.15, 0.2) is 84.9 Å². The zero-order valence-corrected chi connectivity index (χ0v) is 18.5. The van der Waals surface area contributed by atoms with Gasteiger partial charge in [0.25, 0.3) is 0 Å². The molecule has 2 amide bonds. The minimum absolute atomic E-state index is 0.0346. The fourth-order valence-corrected chi connectivity index (χ4v) is 4.71. The van der Waals surface area contributed by atoms with Crippen LogP contribution in [-0.2, 0) is 9.59 Å². The van der Waals surface area contributed by atoms with E-state index in [0.717, 1.165) is 16.8 Å². The Bertz CT molecular complexity index is 1130. The molecule has 1 unspecified atom stereocenters. The molecule has 6 heteroatoms. The number of para-hydroxylation sites is 2. The van der Waals surface area contributed by atoms with Gasteiger partial charge < -0.3 is 10.1 Å². The second-order valence-electron chi connectivity index (χ2n) is 7.19. The van der Waals surface area contributed by atoms with E-state index in [0.29, 0.717) is 23.8 Å². The van der Waals surface area contributed by atoms with E-state index in [9.17, 15) is 9.59 Å². The molecule has 1 N–H and O–H groups in total. The number of carbonyl (C=O) groups excluding carboxylic acids is 2. The molecule has 3 aromatic rings. The van der Waals surface area contributed by atoms with Crippen LogP contribution in [0.1, 0.15) is 23.4 Å². The Morgan fingerprint density at radius 1 is 1.09 bits per heavy atom. The summed E-state index contributed by atoms with van der Waals surface area (Å²) in [6, 6.07) is 24.9. The lowest BCUT2D eigenvalue weighted by Gasteiger charge is -2.26. The fraction of sp³-hybridized carbons (Fsp3) is 0.154. The summed E-state index contributed by atoms with van der Waals surface area (Å²) in [7, 11) is 0. The average molecular weight is 445 g/mol. The van der Waals surface area contributed by atoms with Crippen LogP contribution in [0.4, 0.5) is 11.4 Å². The number of ether oxygens (including phenoxy) is 1. The fourth-order valence-electron chi connectivity index (χ4n) is 3.55. The lowest BCUT2D eigenvalue weighted by Crippen LogP contribution is -2.28. The Morgan fingerprint density at radius 2 is 1.88 bits per heavy atom. The first-order valence-corrected chi connectivity index (χ1v) is 11.5. The summed E-state index contributed by atoms with van der Waals surface area (Å²) in [5, 5.41) is 2.72.